The van der Waals surface area contributed by atoms with Gasteiger partial charge in [-0.3, -0.25) is 0 Å². The molecule has 0 spiro atoms. The molecule has 128 valence electrons. The van der Waals surface area contributed by atoms with Crippen LogP contribution >= 0.6 is 0 Å². The van der Waals surface area contributed by atoms with Crippen LogP contribution in [0.1, 0.15) is 53.5 Å². The monoisotopic (exact) mass is 328 g/mol. The summed E-state index contributed by atoms with van der Waals surface area (Å²) in [7, 11) is 1.52. The molecule has 0 atom stereocenters. The van der Waals surface area contributed by atoms with Crippen molar-refractivity contribution in [3.05, 3.63) is 52.2 Å². The first-order valence-electron chi connectivity index (χ1n) is 7.97. The summed E-state index contributed by atoms with van der Waals surface area (Å²) >= 11 is 0. The van der Waals surface area contributed by atoms with Crippen LogP contribution in [0.4, 0.5) is 0 Å². The lowest BCUT2D eigenvalue weighted by molar-refractivity contribution is 0.0688. The fourth-order valence-electron chi connectivity index (χ4n) is 2.64. The third-order valence-electron chi connectivity index (χ3n) is 4.19. The fraction of sp³-hybridized carbons (Fsp3) is 0.421. The Labute approximate surface area is 142 Å². The quantitative estimate of drug-likeness (QED) is 0.908. The van der Waals surface area contributed by atoms with Crippen molar-refractivity contribution < 1.29 is 14.6 Å². The van der Waals surface area contributed by atoms with Gasteiger partial charge < -0.3 is 9.84 Å². The molecule has 0 unspecified atom stereocenters. The highest BCUT2D eigenvalue weighted by atomic mass is 16.5. The highest BCUT2D eigenvalue weighted by molar-refractivity contribution is 5.87. The standard InChI is InChI=1S/C19H24N2O3/c1-12-15(17(24-5)21-20-16(12)18(22)23)11-8-13-6-9-14(10-7-13)19(2,3)4/h6-7,9-10H,8,11H2,1-5H3,(H,22,23). The number of benzene rings is 1. The number of aromatic carboxylic acids is 1. The molecule has 24 heavy (non-hydrogen) atoms. The summed E-state index contributed by atoms with van der Waals surface area (Å²) in [6.45, 7) is 8.31. The van der Waals surface area contributed by atoms with E-state index in [1.165, 1.54) is 18.2 Å². The van der Waals surface area contributed by atoms with Crippen LogP contribution in [-0.2, 0) is 18.3 Å². The van der Waals surface area contributed by atoms with Crippen molar-refractivity contribution in [3.8, 4) is 5.88 Å². The highest BCUT2D eigenvalue weighted by Crippen LogP contribution is 2.25. The van der Waals surface area contributed by atoms with Crippen molar-refractivity contribution in [2.75, 3.05) is 7.11 Å². The van der Waals surface area contributed by atoms with E-state index in [1.807, 2.05) is 0 Å². The van der Waals surface area contributed by atoms with Gasteiger partial charge in [0.15, 0.2) is 5.69 Å². The molecule has 0 saturated carbocycles. The minimum absolute atomic E-state index is 0.0196. The first-order valence-corrected chi connectivity index (χ1v) is 7.97. The van der Waals surface area contributed by atoms with E-state index < -0.39 is 5.97 Å². The lowest BCUT2D eigenvalue weighted by Crippen LogP contribution is -2.11. The average Bonchev–Trinajstić information content (AvgIpc) is 2.52. The second kappa shape index (κ2) is 6.99. The molecule has 1 aromatic carbocycles. The van der Waals surface area contributed by atoms with Gasteiger partial charge in [0.25, 0.3) is 0 Å². The topological polar surface area (TPSA) is 72.3 Å². The van der Waals surface area contributed by atoms with E-state index in [4.69, 9.17) is 4.74 Å². The molecule has 1 N–H and O–H groups in total. The number of carboxylic acids is 1. The minimum Gasteiger partial charge on any atom is -0.480 e. The number of hydrogen-bond acceptors (Lipinski definition) is 4. The number of rotatable bonds is 5. The van der Waals surface area contributed by atoms with E-state index in [0.29, 0.717) is 17.9 Å². The molecule has 2 aromatic rings. The Bertz CT molecular complexity index is 732. The predicted octanol–water partition coefficient (Wildman–Crippen LogP) is 3.57. The molecule has 0 bridgehead atoms. The molecule has 0 saturated heterocycles. The van der Waals surface area contributed by atoms with Gasteiger partial charge in [0.05, 0.1) is 7.11 Å². The van der Waals surface area contributed by atoms with Gasteiger partial charge in [-0.1, -0.05) is 45.0 Å². The molecule has 0 fully saturated rings. The fourth-order valence-corrected chi connectivity index (χ4v) is 2.64. The van der Waals surface area contributed by atoms with Gasteiger partial charge in [-0.2, -0.15) is 0 Å². The summed E-state index contributed by atoms with van der Waals surface area (Å²) in [6.07, 6.45) is 1.44. The molecule has 0 amide bonds. The van der Waals surface area contributed by atoms with Crippen LogP contribution in [0.5, 0.6) is 5.88 Å². The zero-order valence-electron chi connectivity index (χ0n) is 14.9. The van der Waals surface area contributed by atoms with Crippen LogP contribution in [0, 0.1) is 6.92 Å². The highest BCUT2D eigenvalue weighted by Gasteiger charge is 2.18. The molecule has 0 radical (unpaired) electrons. The lowest BCUT2D eigenvalue weighted by Gasteiger charge is -2.19. The molecule has 0 aliphatic carbocycles. The van der Waals surface area contributed by atoms with Crippen LogP contribution < -0.4 is 4.74 Å². The van der Waals surface area contributed by atoms with E-state index in [-0.39, 0.29) is 11.1 Å². The lowest BCUT2D eigenvalue weighted by atomic mass is 9.86. The van der Waals surface area contributed by atoms with Gasteiger partial charge in [0, 0.05) is 5.56 Å². The van der Waals surface area contributed by atoms with Crippen molar-refractivity contribution in [3.63, 3.8) is 0 Å². The molecule has 0 aliphatic heterocycles. The SMILES string of the molecule is COc1nnc(C(=O)O)c(C)c1CCc1ccc(C(C)(C)C)cc1. The maximum absolute atomic E-state index is 11.2. The minimum atomic E-state index is -1.07. The number of ether oxygens (including phenoxy) is 1. The van der Waals surface area contributed by atoms with Gasteiger partial charge in [0.1, 0.15) is 0 Å². The maximum atomic E-state index is 11.2. The second-order valence-electron chi connectivity index (χ2n) is 6.91. The summed E-state index contributed by atoms with van der Waals surface area (Å²) in [5, 5.41) is 16.8. The molecule has 0 aliphatic rings. The van der Waals surface area contributed by atoms with E-state index >= 15 is 0 Å². The summed E-state index contributed by atoms with van der Waals surface area (Å²) < 4.78 is 5.25. The largest absolute Gasteiger partial charge is 0.480 e. The number of carbonyl (C=O) groups is 1. The third kappa shape index (κ3) is 3.91. The normalized spacial score (nSPS) is 11.4. The molecular formula is C19H24N2O3. The Balaban J connectivity index is 2.22. The second-order valence-corrected chi connectivity index (χ2v) is 6.91. The van der Waals surface area contributed by atoms with Crippen molar-refractivity contribution in [2.24, 2.45) is 0 Å². The molecule has 1 heterocycles. The zero-order chi connectivity index (χ0) is 17.9. The van der Waals surface area contributed by atoms with Crippen molar-refractivity contribution in [2.45, 2.75) is 46.0 Å². The first kappa shape index (κ1) is 17.9. The van der Waals surface area contributed by atoms with E-state index in [1.54, 1.807) is 6.92 Å². The van der Waals surface area contributed by atoms with Crippen LogP contribution in [0.3, 0.4) is 0 Å². The molecule has 5 nitrogen and oxygen atoms in total. The van der Waals surface area contributed by atoms with Gasteiger partial charge in [0.2, 0.25) is 5.88 Å². The zero-order valence-corrected chi connectivity index (χ0v) is 14.9. The van der Waals surface area contributed by atoms with Crippen LogP contribution in [0.2, 0.25) is 0 Å². The van der Waals surface area contributed by atoms with Crippen molar-refractivity contribution in [1.82, 2.24) is 10.2 Å². The first-order chi connectivity index (χ1) is 11.2. The maximum Gasteiger partial charge on any atom is 0.356 e. The predicted molar refractivity (Wildman–Crippen MR) is 92.8 cm³/mol. The van der Waals surface area contributed by atoms with Crippen LogP contribution in [-0.4, -0.2) is 28.4 Å². The summed E-state index contributed by atoms with van der Waals surface area (Å²) in [5.41, 5.74) is 4.00. The molecular weight excluding hydrogens is 304 g/mol. The van der Waals surface area contributed by atoms with Crippen molar-refractivity contribution in [1.29, 1.82) is 0 Å². The number of aromatic nitrogens is 2. The van der Waals surface area contributed by atoms with Crippen LogP contribution in [0.25, 0.3) is 0 Å². The summed E-state index contributed by atoms with van der Waals surface area (Å²) in [4.78, 5) is 11.2. The number of nitrogens with zero attached hydrogens (tertiary/aromatic N) is 2. The van der Waals surface area contributed by atoms with Crippen molar-refractivity contribution >= 4 is 5.97 Å². The van der Waals surface area contributed by atoms with E-state index in [9.17, 15) is 9.90 Å². The number of hydrogen-bond donors (Lipinski definition) is 1. The van der Waals surface area contributed by atoms with Crippen LogP contribution in [0.15, 0.2) is 24.3 Å². The summed E-state index contributed by atoms with van der Waals surface area (Å²) in [5.74, 6) is -0.678. The van der Waals surface area contributed by atoms with Gasteiger partial charge in [-0.15, -0.1) is 10.2 Å². The van der Waals surface area contributed by atoms with Gasteiger partial charge in [-0.05, 0) is 41.9 Å². The Morgan fingerprint density at radius 1 is 1.12 bits per heavy atom. The van der Waals surface area contributed by atoms with E-state index in [0.717, 1.165) is 12.0 Å². The van der Waals surface area contributed by atoms with Gasteiger partial charge >= 0.3 is 5.97 Å². The molecule has 5 heteroatoms. The van der Waals surface area contributed by atoms with E-state index in [2.05, 4.69) is 55.2 Å². The molecule has 2 rings (SSSR count). The number of aryl methyl sites for hydroxylation is 1. The smallest absolute Gasteiger partial charge is 0.356 e. The number of carboxylic acid groups (broad SMARTS) is 1. The Morgan fingerprint density at radius 3 is 2.25 bits per heavy atom. The average molecular weight is 328 g/mol. The molecule has 1 aromatic heterocycles. The summed E-state index contributed by atoms with van der Waals surface area (Å²) in [6, 6.07) is 8.53. The third-order valence-corrected chi connectivity index (χ3v) is 4.19. The number of methoxy groups -OCH3 is 1. The Kier molecular flexibility index (Phi) is 5.22. The Morgan fingerprint density at radius 2 is 1.75 bits per heavy atom. The Hall–Kier alpha value is -2.43. The van der Waals surface area contributed by atoms with Gasteiger partial charge in [-0.25, -0.2) is 4.79 Å².